The Morgan fingerprint density at radius 3 is 3.11 bits per heavy atom. The molecule has 1 atom stereocenters. The van der Waals surface area contributed by atoms with Crippen molar-refractivity contribution >= 4 is 0 Å². The van der Waals surface area contributed by atoms with E-state index in [0.717, 1.165) is 11.4 Å². The van der Waals surface area contributed by atoms with Crippen molar-refractivity contribution in [3.05, 3.63) is 36.5 Å². The lowest BCUT2D eigenvalue weighted by Gasteiger charge is -2.14. The zero-order valence-corrected chi connectivity index (χ0v) is 10.6. The second-order valence-electron chi connectivity index (χ2n) is 4.06. The third-order valence-electron chi connectivity index (χ3n) is 2.56. The first-order chi connectivity index (χ1) is 8.81. The molecule has 0 amide bonds. The van der Waals surface area contributed by atoms with Gasteiger partial charge in [-0.1, -0.05) is 6.07 Å². The van der Waals surface area contributed by atoms with E-state index in [1.807, 2.05) is 12.1 Å². The number of hydrogen-bond donors (Lipinski definition) is 1. The molecule has 0 aliphatic heterocycles. The van der Waals surface area contributed by atoms with Crippen molar-refractivity contribution in [2.75, 3.05) is 13.7 Å². The third kappa shape index (κ3) is 3.12. The van der Waals surface area contributed by atoms with Crippen molar-refractivity contribution in [2.45, 2.75) is 19.5 Å². The molecule has 0 saturated carbocycles. The first kappa shape index (κ1) is 12.7. The molecule has 2 heterocycles. The summed E-state index contributed by atoms with van der Waals surface area (Å²) in [7, 11) is 1.70. The molecule has 0 fully saturated rings. The van der Waals surface area contributed by atoms with Crippen molar-refractivity contribution in [1.82, 2.24) is 25.1 Å². The standard InChI is InChI=1S/C12H17N5O/c1-10(7-18-2)15-6-11-4-3-5-14-12(11)17-9-13-8-16-17/h3-5,8-10,15H,6-7H2,1-2H3/t10-/m1/s1. The summed E-state index contributed by atoms with van der Waals surface area (Å²) in [5, 5.41) is 7.48. The van der Waals surface area contributed by atoms with Gasteiger partial charge in [-0.3, -0.25) is 0 Å². The van der Waals surface area contributed by atoms with Gasteiger partial charge in [-0.25, -0.2) is 14.6 Å². The van der Waals surface area contributed by atoms with Gasteiger partial charge >= 0.3 is 0 Å². The smallest absolute Gasteiger partial charge is 0.159 e. The fourth-order valence-electron chi connectivity index (χ4n) is 1.69. The maximum atomic E-state index is 5.09. The van der Waals surface area contributed by atoms with Crippen LogP contribution in [0.2, 0.25) is 0 Å². The zero-order valence-electron chi connectivity index (χ0n) is 10.6. The number of nitrogens with zero attached hydrogens (tertiary/aromatic N) is 4. The molecule has 0 unspecified atom stereocenters. The summed E-state index contributed by atoms with van der Waals surface area (Å²) >= 11 is 0. The molecule has 0 saturated heterocycles. The Kier molecular flexibility index (Phi) is 4.38. The molecule has 0 bridgehead atoms. The van der Waals surface area contributed by atoms with Crippen LogP contribution in [-0.2, 0) is 11.3 Å². The van der Waals surface area contributed by atoms with Gasteiger partial charge in [0.25, 0.3) is 0 Å². The van der Waals surface area contributed by atoms with Crippen LogP contribution in [0, 0.1) is 0 Å². The maximum Gasteiger partial charge on any atom is 0.159 e. The van der Waals surface area contributed by atoms with E-state index < -0.39 is 0 Å². The average molecular weight is 247 g/mol. The highest BCUT2D eigenvalue weighted by molar-refractivity contribution is 5.31. The molecule has 6 heteroatoms. The van der Waals surface area contributed by atoms with Crippen LogP contribution in [0.3, 0.4) is 0 Å². The fraction of sp³-hybridized carbons (Fsp3) is 0.417. The molecule has 96 valence electrons. The van der Waals surface area contributed by atoms with Gasteiger partial charge in [-0.05, 0) is 13.0 Å². The normalized spacial score (nSPS) is 12.6. The number of pyridine rings is 1. The van der Waals surface area contributed by atoms with E-state index in [0.29, 0.717) is 19.2 Å². The van der Waals surface area contributed by atoms with Gasteiger partial charge in [0.05, 0.1) is 6.61 Å². The highest BCUT2D eigenvalue weighted by atomic mass is 16.5. The van der Waals surface area contributed by atoms with E-state index in [2.05, 4.69) is 27.3 Å². The van der Waals surface area contributed by atoms with E-state index in [9.17, 15) is 0 Å². The Balaban J connectivity index is 2.09. The summed E-state index contributed by atoms with van der Waals surface area (Å²) in [6, 6.07) is 4.23. The van der Waals surface area contributed by atoms with Crippen LogP contribution in [0.15, 0.2) is 31.0 Å². The maximum absolute atomic E-state index is 5.09. The highest BCUT2D eigenvalue weighted by Gasteiger charge is 2.07. The summed E-state index contributed by atoms with van der Waals surface area (Å²) in [6.07, 6.45) is 4.89. The molecule has 0 spiro atoms. The van der Waals surface area contributed by atoms with E-state index in [4.69, 9.17) is 4.74 Å². The van der Waals surface area contributed by atoms with Crippen LogP contribution in [0.1, 0.15) is 12.5 Å². The van der Waals surface area contributed by atoms with E-state index in [1.54, 1.807) is 24.3 Å². The van der Waals surface area contributed by atoms with Crippen molar-refractivity contribution in [3.63, 3.8) is 0 Å². The Morgan fingerprint density at radius 2 is 2.39 bits per heavy atom. The minimum Gasteiger partial charge on any atom is -0.383 e. The predicted molar refractivity (Wildman–Crippen MR) is 67.3 cm³/mol. The van der Waals surface area contributed by atoms with Gasteiger partial charge < -0.3 is 10.1 Å². The second-order valence-corrected chi connectivity index (χ2v) is 4.06. The van der Waals surface area contributed by atoms with E-state index >= 15 is 0 Å². The summed E-state index contributed by atoms with van der Waals surface area (Å²) < 4.78 is 6.75. The lowest BCUT2D eigenvalue weighted by atomic mass is 10.2. The average Bonchev–Trinajstić information content (AvgIpc) is 2.91. The number of rotatable bonds is 6. The lowest BCUT2D eigenvalue weighted by molar-refractivity contribution is 0.171. The molecule has 0 radical (unpaired) electrons. The molecule has 2 aromatic heterocycles. The monoisotopic (exact) mass is 247 g/mol. The number of nitrogens with one attached hydrogen (secondary N) is 1. The molecule has 1 N–H and O–H groups in total. The number of aromatic nitrogens is 4. The van der Waals surface area contributed by atoms with Crippen LogP contribution in [0.4, 0.5) is 0 Å². The number of methoxy groups -OCH3 is 1. The Hall–Kier alpha value is -1.79. The first-order valence-corrected chi connectivity index (χ1v) is 5.82. The van der Waals surface area contributed by atoms with Crippen molar-refractivity contribution in [2.24, 2.45) is 0 Å². The van der Waals surface area contributed by atoms with Gasteiger partial charge in [0.15, 0.2) is 5.82 Å². The molecule has 2 aromatic rings. The van der Waals surface area contributed by atoms with Gasteiger partial charge in [0, 0.05) is 31.5 Å². The molecule has 18 heavy (non-hydrogen) atoms. The predicted octanol–water partition coefficient (Wildman–Crippen LogP) is 0.787. The first-order valence-electron chi connectivity index (χ1n) is 5.82. The van der Waals surface area contributed by atoms with Crippen LogP contribution < -0.4 is 5.32 Å². The Labute approximate surface area is 106 Å². The Morgan fingerprint density at radius 1 is 1.50 bits per heavy atom. The van der Waals surface area contributed by atoms with Crippen molar-refractivity contribution in [1.29, 1.82) is 0 Å². The molecular weight excluding hydrogens is 230 g/mol. The Bertz CT molecular complexity index is 471. The molecular formula is C12H17N5O. The van der Waals surface area contributed by atoms with Crippen LogP contribution in [0.25, 0.3) is 5.82 Å². The van der Waals surface area contributed by atoms with Gasteiger partial charge in [-0.15, -0.1) is 0 Å². The quantitative estimate of drug-likeness (QED) is 0.817. The van der Waals surface area contributed by atoms with Crippen molar-refractivity contribution < 1.29 is 4.74 Å². The van der Waals surface area contributed by atoms with Crippen LogP contribution in [-0.4, -0.2) is 39.5 Å². The molecule has 2 rings (SSSR count). The molecule has 6 nitrogen and oxygen atoms in total. The van der Waals surface area contributed by atoms with Gasteiger partial charge in [-0.2, -0.15) is 5.10 Å². The molecule has 0 aromatic carbocycles. The topological polar surface area (TPSA) is 64.9 Å². The third-order valence-corrected chi connectivity index (χ3v) is 2.56. The van der Waals surface area contributed by atoms with Crippen LogP contribution >= 0.6 is 0 Å². The minimum atomic E-state index is 0.291. The SMILES string of the molecule is COC[C@@H](C)NCc1cccnc1-n1cncn1. The van der Waals surface area contributed by atoms with E-state index in [1.165, 1.54) is 6.33 Å². The minimum absolute atomic E-state index is 0.291. The lowest BCUT2D eigenvalue weighted by Crippen LogP contribution is -2.30. The van der Waals surface area contributed by atoms with E-state index in [-0.39, 0.29) is 0 Å². The summed E-state index contributed by atoms with van der Waals surface area (Å²) in [4.78, 5) is 8.27. The molecule has 0 aliphatic rings. The summed E-state index contributed by atoms with van der Waals surface area (Å²) in [5.74, 6) is 0.798. The van der Waals surface area contributed by atoms with Gasteiger partial charge in [0.1, 0.15) is 12.7 Å². The number of hydrogen-bond acceptors (Lipinski definition) is 5. The van der Waals surface area contributed by atoms with Crippen molar-refractivity contribution in [3.8, 4) is 5.82 Å². The zero-order chi connectivity index (χ0) is 12.8. The second kappa shape index (κ2) is 6.23. The molecule has 0 aliphatic carbocycles. The summed E-state index contributed by atoms with van der Waals surface area (Å²) in [5.41, 5.74) is 1.07. The van der Waals surface area contributed by atoms with Gasteiger partial charge in [0.2, 0.25) is 0 Å². The van der Waals surface area contributed by atoms with Crippen LogP contribution in [0.5, 0.6) is 0 Å². The number of ether oxygens (including phenoxy) is 1. The largest absolute Gasteiger partial charge is 0.383 e. The fourth-order valence-corrected chi connectivity index (χ4v) is 1.69. The summed E-state index contributed by atoms with van der Waals surface area (Å²) in [6.45, 7) is 3.47. The highest BCUT2D eigenvalue weighted by Crippen LogP contribution is 2.09.